The van der Waals surface area contributed by atoms with Crippen LogP contribution in [0.3, 0.4) is 0 Å². The molecule has 2 N–H and O–H groups in total. The van der Waals surface area contributed by atoms with Gasteiger partial charge in [-0.25, -0.2) is 4.79 Å². The van der Waals surface area contributed by atoms with Crippen molar-refractivity contribution in [1.82, 2.24) is 10.3 Å². The molecule has 0 saturated heterocycles. The number of furan rings is 1. The Labute approximate surface area is 115 Å². The van der Waals surface area contributed by atoms with Gasteiger partial charge in [0.15, 0.2) is 0 Å². The summed E-state index contributed by atoms with van der Waals surface area (Å²) in [6, 6.07) is 10.9. The predicted molar refractivity (Wildman–Crippen MR) is 76.3 cm³/mol. The molecule has 0 aliphatic carbocycles. The van der Waals surface area contributed by atoms with E-state index in [0.717, 1.165) is 16.5 Å². The molecule has 5 heteroatoms. The molecular weight excluding hydrogens is 254 g/mol. The van der Waals surface area contributed by atoms with Gasteiger partial charge < -0.3 is 15.1 Å². The summed E-state index contributed by atoms with van der Waals surface area (Å²) in [6.07, 6.45) is 5.04. The number of pyridine rings is 1. The summed E-state index contributed by atoms with van der Waals surface area (Å²) in [4.78, 5) is 15.9. The number of nitrogens with one attached hydrogen (secondary N) is 2. The molecule has 0 unspecified atom stereocenters. The van der Waals surface area contributed by atoms with Gasteiger partial charge in [0, 0.05) is 23.2 Å². The highest BCUT2D eigenvalue weighted by atomic mass is 16.3. The number of amides is 2. The summed E-state index contributed by atoms with van der Waals surface area (Å²) in [5.41, 5.74) is 0.752. The van der Waals surface area contributed by atoms with E-state index in [1.807, 2.05) is 30.3 Å². The molecule has 0 radical (unpaired) electrons. The maximum atomic E-state index is 11.9. The van der Waals surface area contributed by atoms with Crippen molar-refractivity contribution in [3.8, 4) is 0 Å². The van der Waals surface area contributed by atoms with E-state index in [2.05, 4.69) is 15.6 Å². The number of carbonyl (C=O) groups excluding carboxylic acids is 1. The van der Waals surface area contributed by atoms with Gasteiger partial charge in [0.1, 0.15) is 5.76 Å². The van der Waals surface area contributed by atoms with E-state index in [0.29, 0.717) is 12.3 Å². The summed E-state index contributed by atoms with van der Waals surface area (Å²) in [5, 5.41) is 7.50. The normalized spacial score (nSPS) is 10.4. The van der Waals surface area contributed by atoms with Gasteiger partial charge in [-0.3, -0.25) is 4.98 Å². The molecule has 100 valence electrons. The predicted octanol–water partition coefficient (Wildman–Crippen LogP) is 3.15. The Morgan fingerprint density at radius 1 is 1.20 bits per heavy atom. The van der Waals surface area contributed by atoms with E-state index in [-0.39, 0.29) is 6.03 Å². The molecule has 2 amide bonds. The molecule has 3 aromatic rings. The summed E-state index contributed by atoms with van der Waals surface area (Å²) in [7, 11) is 0. The van der Waals surface area contributed by atoms with Crippen LogP contribution >= 0.6 is 0 Å². The Morgan fingerprint density at radius 3 is 3.00 bits per heavy atom. The van der Waals surface area contributed by atoms with E-state index < -0.39 is 0 Å². The highest BCUT2D eigenvalue weighted by molar-refractivity contribution is 6.01. The van der Waals surface area contributed by atoms with Crippen LogP contribution in [-0.4, -0.2) is 11.0 Å². The van der Waals surface area contributed by atoms with Gasteiger partial charge >= 0.3 is 6.03 Å². The number of urea groups is 1. The van der Waals surface area contributed by atoms with Crippen LogP contribution < -0.4 is 10.6 Å². The minimum atomic E-state index is -0.272. The number of fused-ring (bicyclic) bond motifs is 1. The topological polar surface area (TPSA) is 67.2 Å². The van der Waals surface area contributed by atoms with E-state index in [9.17, 15) is 4.79 Å². The van der Waals surface area contributed by atoms with E-state index in [4.69, 9.17) is 4.42 Å². The van der Waals surface area contributed by atoms with Crippen molar-refractivity contribution in [1.29, 1.82) is 0 Å². The van der Waals surface area contributed by atoms with Gasteiger partial charge in [-0.1, -0.05) is 12.1 Å². The lowest BCUT2D eigenvalue weighted by Gasteiger charge is -2.09. The van der Waals surface area contributed by atoms with Gasteiger partial charge in [0.05, 0.1) is 18.5 Å². The van der Waals surface area contributed by atoms with Crippen LogP contribution in [0.2, 0.25) is 0 Å². The molecule has 2 aromatic heterocycles. The first kappa shape index (κ1) is 12.2. The van der Waals surface area contributed by atoms with Crippen LogP contribution in [0.4, 0.5) is 10.5 Å². The Hall–Kier alpha value is -2.82. The summed E-state index contributed by atoms with van der Waals surface area (Å²) >= 11 is 0. The molecule has 0 atom stereocenters. The molecule has 20 heavy (non-hydrogen) atoms. The van der Waals surface area contributed by atoms with Crippen LogP contribution in [0.1, 0.15) is 5.76 Å². The van der Waals surface area contributed by atoms with Crippen LogP contribution in [-0.2, 0) is 6.54 Å². The van der Waals surface area contributed by atoms with Crippen molar-refractivity contribution < 1.29 is 9.21 Å². The van der Waals surface area contributed by atoms with E-state index in [1.165, 1.54) is 0 Å². The average Bonchev–Trinajstić information content (AvgIpc) is 2.99. The molecule has 0 fully saturated rings. The number of nitrogens with zero attached hydrogens (tertiary/aromatic N) is 1. The molecule has 0 bridgehead atoms. The maximum absolute atomic E-state index is 11.9. The smallest absolute Gasteiger partial charge is 0.319 e. The molecule has 2 heterocycles. The van der Waals surface area contributed by atoms with Crippen molar-refractivity contribution in [3.63, 3.8) is 0 Å². The third-order valence-corrected chi connectivity index (χ3v) is 2.93. The second-order valence-corrected chi connectivity index (χ2v) is 4.29. The SMILES string of the molecule is O=C(NCc1ccco1)Nc1cccc2cnccc12. The number of aromatic nitrogens is 1. The highest BCUT2D eigenvalue weighted by Gasteiger charge is 2.05. The Balaban J connectivity index is 1.71. The third-order valence-electron chi connectivity index (χ3n) is 2.93. The number of anilines is 1. The highest BCUT2D eigenvalue weighted by Crippen LogP contribution is 2.21. The average molecular weight is 267 g/mol. The van der Waals surface area contributed by atoms with Crippen LogP contribution in [0.25, 0.3) is 10.8 Å². The fraction of sp³-hybridized carbons (Fsp3) is 0.0667. The monoisotopic (exact) mass is 267 g/mol. The standard InChI is InChI=1S/C15H13N3O2/c19-15(17-10-12-4-2-8-20-12)18-14-5-1-3-11-9-16-7-6-13(11)14/h1-9H,10H2,(H2,17,18,19). The lowest BCUT2D eigenvalue weighted by Crippen LogP contribution is -2.28. The zero-order valence-electron chi connectivity index (χ0n) is 10.7. The molecule has 0 spiro atoms. The molecular formula is C15H13N3O2. The number of carbonyl (C=O) groups is 1. The van der Waals surface area contributed by atoms with Crippen molar-refractivity contribution in [2.45, 2.75) is 6.54 Å². The molecule has 5 nitrogen and oxygen atoms in total. The quantitative estimate of drug-likeness (QED) is 0.766. The van der Waals surface area contributed by atoms with Gasteiger partial charge in [-0.2, -0.15) is 0 Å². The first-order valence-corrected chi connectivity index (χ1v) is 6.23. The first-order valence-electron chi connectivity index (χ1n) is 6.23. The van der Waals surface area contributed by atoms with Gasteiger partial charge in [0.25, 0.3) is 0 Å². The maximum Gasteiger partial charge on any atom is 0.319 e. The zero-order chi connectivity index (χ0) is 13.8. The van der Waals surface area contributed by atoms with Crippen LogP contribution in [0.15, 0.2) is 59.5 Å². The Kier molecular flexibility index (Phi) is 3.33. The lowest BCUT2D eigenvalue weighted by molar-refractivity contribution is 0.251. The van der Waals surface area contributed by atoms with Gasteiger partial charge in [-0.15, -0.1) is 0 Å². The molecule has 1 aromatic carbocycles. The minimum absolute atomic E-state index is 0.272. The van der Waals surface area contributed by atoms with Crippen LogP contribution in [0, 0.1) is 0 Å². The van der Waals surface area contributed by atoms with Crippen LogP contribution in [0.5, 0.6) is 0 Å². The van der Waals surface area contributed by atoms with Crippen molar-refractivity contribution >= 4 is 22.5 Å². The number of hydrogen-bond donors (Lipinski definition) is 2. The largest absolute Gasteiger partial charge is 0.467 e. The Morgan fingerprint density at radius 2 is 2.15 bits per heavy atom. The molecule has 0 aliphatic rings. The number of benzene rings is 1. The zero-order valence-corrected chi connectivity index (χ0v) is 10.7. The van der Waals surface area contributed by atoms with Crippen molar-refractivity contribution in [2.75, 3.05) is 5.32 Å². The molecule has 3 rings (SSSR count). The second-order valence-electron chi connectivity index (χ2n) is 4.29. The lowest BCUT2D eigenvalue weighted by atomic mass is 10.1. The molecule has 0 saturated carbocycles. The first-order chi connectivity index (χ1) is 9.83. The van der Waals surface area contributed by atoms with Crippen molar-refractivity contribution in [3.05, 3.63) is 60.8 Å². The second kappa shape index (κ2) is 5.44. The number of rotatable bonds is 3. The van der Waals surface area contributed by atoms with E-state index in [1.54, 1.807) is 24.7 Å². The van der Waals surface area contributed by atoms with Gasteiger partial charge in [-0.05, 0) is 24.3 Å². The van der Waals surface area contributed by atoms with Crippen molar-refractivity contribution in [2.24, 2.45) is 0 Å². The van der Waals surface area contributed by atoms with E-state index >= 15 is 0 Å². The summed E-state index contributed by atoms with van der Waals surface area (Å²) < 4.78 is 5.15. The summed E-state index contributed by atoms with van der Waals surface area (Å²) in [6.45, 7) is 0.352. The molecule has 0 aliphatic heterocycles. The third kappa shape index (κ3) is 2.61. The summed E-state index contributed by atoms with van der Waals surface area (Å²) in [5.74, 6) is 0.710. The number of hydrogen-bond acceptors (Lipinski definition) is 3. The Bertz CT molecular complexity index is 718. The minimum Gasteiger partial charge on any atom is -0.467 e. The fourth-order valence-corrected chi connectivity index (χ4v) is 1.98. The fourth-order valence-electron chi connectivity index (χ4n) is 1.98. The van der Waals surface area contributed by atoms with Gasteiger partial charge in [0.2, 0.25) is 0 Å².